The zero-order chi connectivity index (χ0) is 23.0. The first kappa shape index (κ1) is 23.9. The van der Waals surface area contributed by atoms with Gasteiger partial charge in [-0.05, 0) is 17.5 Å². The largest absolute Gasteiger partial charge is 0.381 e. The Morgan fingerprint density at radius 2 is 0.970 bits per heavy atom. The van der Waals surface area contributed by atoms with Gasteiger partial charge in [0.25, 0.3) is 0 Å². The summed E-state index contributed by atoms with van der Waals surface area (Å²) in [4.78, 5) is 0. The van der Waals surface area contributed by atoms with Crippen molar-refractivity contribution < 1.29 is 4.74 Å². The van der Waals surface area contributed by atoms with Crippen LogP contribution in [0.25, 0.3) is 0 Å². The summed E-state index contributed by atoms with van der Waals surface area (Å²) >= 11 is 6.59. The minimum Gasteiger partial charge on any atom is -0.381 e. The molecule has 0 heterocycles. The van der Waals surface area contributed by atoms with E-state index in [1.54, 1.807) is 0 Å². The Morgan fingerprint density at radius 1 is 0.606 bits per heavy atom. The van der Waals surface area contributed by atoms with Gasteiger partial charge in [-0.2, -0.15) is 0 Å². The lowest BCUT2D eigenvalue weighted by Crippen LogP contribution is -2.23. The molecule has 0 aromatic heterocycles. The maximum Gasteiger partial charge on any atom is 0.111 e. The van der Waals surface area contributed by atoms with Crippen LogP contribution in [0.5, 0.6) is 0 Å². The summed E-state index contributed by atoms with van der Waals surface area (Å²) in [5.41, 5.74) is 0. The van der Waals surface area contributed by atoms with Crippen molar-refractivity contribution >= 4 is 46.3 Å². The van der Waals surface area contributed by atoms with E-state index in [0.717, 1.165) is 16.8 Å². The van der Waals surface area contributed by atoms with Crippen molar-refractivity contribution in [3.8, 4) is 0 Å². The Labute approximate surface area is 202 Å². The quantitative estimate of drug-likeness (QED) is 0.215. The molecule has 0 fully saturated rings. The standard InChI is InChI=1S/C28H29NOP2S/c1-2-30-23-24-31(25-15-7-3-8-16-25,26-17-9-4-10-18-26)29-32(33,27-19-11-5-12-20-27)28-21-13-6-14-22-28/h3-22H,2,23-24H2,1H3. The molecule has 0 saturated heterocycles. The lowest BCUT2D eigenvalue weighted by atomic mass is 10.4. The number of nitrogens with zero attached hydrogens (tertiary/aromatic N) is 1. The second-order valence-electron chi connectivity index (χ2n) is 7.70. The average molecular weight is 490 g/mol. The van der Waals surface area contributed by atoms with E-state index in [9.17, 15) is 0 Å². The molecule has 0 aliphatic carbocycles. The van der Waals surface area contributed by atoms with Gasteiger partial charge in [0.05, 0.1) is 6.61 Å². The second kappa shape index (κ2) is 11.2. The molecule has 0 aliphatic heterocycles. The lowest BCUT2D eigenvalue weighted by molar-refractivity contribution is 0.164. The molecule has 0 unspecified atom stereocenters. The Balaban J connectivity index is 2.08. The van der Waals surface area contributed by atoms with Crippen molar-refractivity contribution in [2.75, 3.05) is 19.4 Å². The molecule has 4 aromatic carbocycles. The normalized spacial score (nSPS) is 11.8. The van der Waals surface area contributed by atoms with Gasteiger partial charge in [-0.15, -0.1) is 0 Å². The Bertz CT molecular complexity index is 1160. The fraction of sp³-hybridized carbons (Fsp3) is 0.143. The highest BCUT2D eigenvalue weighted by Gasteiger charge is 2.31. The van der Waals surface area contributed by atoms with Gasteiger partial charge in [0.1, 0.15) is 6.19 Å². The van der Waals surface area contributed by atoms with Gasteiger partial charge >= 0.3 is 0 Å². The Kier molecular flexibility index (Phi) is 8.12. The van der Waals surface area contributed by atoms with Crippen molar-refractivity contribution in [3.05, 3.63) is 121 Å². The monoisotopic (exact) mass is 489 g/mol. The summed E-state index contributed by atoms with van der Waals surface area (Å²) < 4.78 is 11.8. The molecule has 0 atom stereocenters. The fourth-order valence-corrected chi connectivity index (χ4v) is 13.5. The molecule has 4 aromatic rings. The minimum absolute atomic E-state index is 0.649. The molecule has 33 heavy (non-hydrogen) atoms. The highest BCUT2D eigenvalue weighted by atomic mass is 32.4. The van der Waals surface area contributed by atoms with Crippen LogP contribution >= 0.6 is 13.2 Å². The summed E-state index contributed by atoms with van der Waals surface area (Å²) in [5, 5.41) is 4.74. The molecule has 5 heteroatoms. The Hall–Kier alpha value is -2.28. The van der Waals surface area contributed by atoms with Gasteiger partial charge in [-0.25, -0.2) is 0 Å². The average Bonchev–Trinajstić information content (AvgIpc) is 2.90. The van der Waals surface area contributed by atoms with E-state index in [0.29, 0.717) is 13.2 Å². The number of hydrogen-bond donors (Lipinski definition) is 0. The van der Waals surface area contributed by atoms with Crippen molar-refractivity contribution in [1.29, 1.82) is 0 Å². The van der Waals surface area contributed by atoms with Gasteiger partial charge in [0.2, 0.25) is 0 Å². The molecule has 0 saturated carbocycles. The molecule has 0 aliphatic rings. The van der Waals surface area contributed by atoms with Gasteiger partial charge < -0.3 is 4.74 Å². The first-order valence-electron chi connectivity index (χ1n) is 11.2. The van der Waals surface area contributed by atoms with Crippen LogP contribution in [0.4, 0.5) is 0 Å². The Morgan fingerprint density at radius 3 is 1.33 bits per heavy atom. The minimum atomic E-state index is -2.47. The predicted molar refractivity (Wildman–Crippen MR) is 149 cm³/mol. The van der Waals surface area contributed by atoms with Crippen LogP contribution in [-0.2, 0) is 16.5 Å². The number of hydrogen-bond acceptors (Lipinski definition) is 2. The SMILES string of the molecule is CCOCCP(=NP(=S)(c1ccccc1)c1ccccc1)(c1ccccc1)c1ccccc1. The highest BCUT2D eigenvalue weighted by molar-refractivity contribution is 8.22. The summed E-state index contributed by atoms with van der Waals surface area (Å²) in [6, 6.07) is 42.4. The van der Waals surface area contributed by atoms with Crippen LogP contribution < -0.4 is 21.2 Å². The van der Waals surface area contributed by atoms with Gasteiger partial charge in [-0.1, -0.05) is 133 Å². The zero-order valence-electron chi connectivity index (χ0n) is 18.8. The van der Waals surface area contributed by atoms with Crippen molar-refractivity contribution in [2.24, 2.45) is 4.52 Å². The molecular formula is C28H29NOP2S. The molecule has 4 rings (SSSR count). The van der Waals surface area contributed by atoms with Gasteiger partial charge in [0, 0.05) is 30.4 Å². The van der Waals surface area contributed by atoms with Crippen LogP contribution in [0.1, 0.15) is 6.92 Å². The maximum absolute atomic E-state index is 6.59. The third kappa shape index (κ3) is 5.29. The van der Waals surface area contributed by atoms with E-state index >= 15 is 0 Å². The van der Waals surface area contributed by atoms with Crippen molar-refractivity contribution in [2.45, 2.75) is 6.92 Å². The van der Waals surface area contributed by atoms with Crippen LogP contribution in [0.15, 0.2) is 126 Å². The van der Waals surface area contributed by atoms with E-state index in [1.807, 2.05) is 19.1 Å². The summed E-state index contributed by atoms with van der Waals surface area (Å²) in [6.07, 6.45) is -1.65. The topological polar surface area (TPSA) is 21.6 Å². The molecule has 0 radical (unpaired) electrons. The number of rotatable bonds is 9. The summed E-state index contributed by atoms with van der Waals surface area (Å²) in [7, 11) is -2.24. The van der Waals surface area contributed by atoms with Crippen molar-refractivity contribution in [1.82, 2.24) is 0 Å². The van der Waals surface area contributed by atoms with Crippen LogP contribution in [-0.4, -0.2) is 19.4 Å². The summed E-state index contributed by atoms with van der Waals surface area (Å²) in [6.45, 7) is 3.38. The first-order chi connectivity index (χ1) is 16.2. The smallest absolute Gasteiger partial charge is 0.111 e. The first-order valence-corrected chi connectivity index (χ1v) is 15.9. The predicted octanol–water partition coefficient (Wildman–Crippen LogP) is 5.92. The van der Waals surface area contributed by atoms with Crippen LogP contribution in [0.2, 0.25) is 0 Å². The van der Waals surface area contributed by atoms with Crippen LogP contribution in [0, 0.1) is 0 Å². The van der Waals surface area contributed by atoms with Gasteiger partial charge in [0.15, 0.2) is 0 Å². The van der Waals surface area contributed by atoms with Crippen molar-refractivity contribution in [3.63, 3.8) is 0 Å². The van der Waals surface area contributed by atoms with E-state index in [1.165, 1.54) is 10.6 Å². The zero-order valence-corrected chi connectivity index (χ0v) is 21.4. The third-order valence-corrected chi connectivity index (χ3v) is 14.9. The van der Waals surface area contributed by atoms with E-state index < -0.39 is 13.2 Å². The second-order valence-corrected chi connectivity index (χ2v) is 15.2. The molecular weight excluding hydrogens is 460 g/mol. The lowest BCUT2D eigenvalue weighted by Gasteiger charge is -2.31. The highest BCUT2D eigenvalue weighted by Crippen LogP contribution is 2.59. The van der Waals surface area contributed by atoms with Crippen LogP contribution in [0.3, 0.4) is 0 Å². The maximum atomic E-state index is 6.59. The summed E-state index contributed by atoms with van der Waals surface area (Å²) in [5.74, 6) is 0. The third-order valence-electron chi connectivity index (χ3n) is 5.62. The number of benzene rings is 4. The molecule has 0 N–H and O–H groups in total. The van der Waals surface area contributed by atoms with E-state index in [2.05, 4.69) is 109 Å². The fourth-order valence-electron chi connectivity index (χ4n) is 3.97. The van der Waals surface area contributed by atoms with Gasteiger partial charge in [-0.3, -0.25) is 4.52 Å². The number of ether oxygens (including phenoxy) is 1. The van der Waals surface area contributed by atoms with E-state index in [-0.39, 0.29) is 0 Å². The molecule has 0 amide bonds. The van der Waals surface area contributed by atoms with E-state index in [4.69, 9.17) is 21.1 Å². The molecule has 168 valence electrons. The molecule has 0 spiro atoms. The molecule has 2 nitrogen and oxygen atoms in total. The molecule has 0 bridgehead atoms.